The summed E-state index contributed by atoms with van der Waals surface area (Å²) in [4.78, 5) is 24.4. The van der Waals surface area contributed by atoms with Crippen LogP contribution < -0.4 is 5.32 Å². The van der Waals surface area contributed by atoms with Crippen LogP contribution in [0.4, 0.5) is 11.5 Å². The van der Waals surface area contributed by atoms with Crippen LogP contribution in [-0.4, -0.2) is 27.5 Å². The zero-order valence-electron chi connectivity index (χ0n) is 10.8. The van der Waals surface area contributed by atoms with Crippen molar-refractivity contribution >= 4 is 17.4 Å². The molecule has 0 aliphatic carbocycles. The van der Waals surface area contributed by atoms with E-state index in [0.29, 0.717) is 11.3 Å². The van der Waals surface area contributed by atoms with Gasteiger partial charge in [0, 0.05) is 11.6 Å². The van der Waals surface area contributed by atoms with Gasteiger partial charge in [-0.3, -0.25) is 4.79 Å². The molecule has 1 aromatic carbocycles. The van der Waals surface area contributed by atoms with Crippen LogP contribution in [0.15, 0.2) is 36.4 Å². The van der Waals surface area contributed by atoms with Crippen LogP contribution >= 0.6 is 0 Å². The van der Waals surface area contributed by atoms with Crippen molar-refractivity contribution in [2.45, 2.75) is 0 Å². The minimum absolute atomic E-state index is 0.0756. The highest BCUT2D eigenvalue weighted by Gasteiger charge is 2.16. The van der Waals surface area contributed by atoms with E-state index in [-0.39, 0.29) is 18.1 Å². The summed E-state index contributed by atoms with van der Waals surface area (Å²) < 4.78 is 0. The van der Waals surface area contributed by atoms with Crippen LogP contribution in [0.2, 0.25) is 0 Å². The maximum atomic E-state index is 12.0. The number of carbonyl (C=O) groups is 1. The predicted molar refractivity (Wildman–Crippen MR) is 75.8 cm³/mol. The quantitative estimate of drug-likeness (QED) is 0.451. The predicted octanol–water partition coefficient (Wildman–Crippen LogP) is 1.52. The lowest BCUT2D eigenvalue weighted by molar-refractivity contribution is -0.389. The molecule has 1 amide bonds. The van der Waals surface area contributed by atoms with E-state index in [1.807, 2.05) is 0 Å². The van der Waals surface area contributed by atoms with Gasteiger partial charge in [-0.15, -0.1) is 0 Å². The fourth-order valence-corrected chi connectivity index (χ4v) is 1.65. The molecule has 21 heavy (non-hydrogen) atoms. The Kier molecular flexibility index (Phi) is 4.33. The normalized spacial score (nSPS) is 9.57. The first kappa shape index (κ1) is 14.3. The molecule has 7 nitrogen and oxygen atoms in total. The molecular formula is C14H11N3O4. The van der Waals surface area contributed by atoms with Gasteiger partial charge in [0.1, 0.15) is 6.61 Å². The number of nitrogens with one attached hydrogen (secondary N) is 2. The minimum atomic E-state index is -0.614. The van der Waals surface area contributed by atoms with Crippen molar-refractivity contribution in [1.29, 1.82) is 0 Å². The standard InChI is InChI=1S/C14H11N3O4/c18-9-3-5-10-4-1-2-6-11(10)16-14(19)12-7-8-13(15-12)17(20)21/h1-2,4,6-8,15,18H,9H2,(H,16,19). The van der Waals surface area contributed by atoms with Crippen molar-refractivity contribution in [3.63, 3.8) is 0 Å². The number of aromatic nitrogens is 1. The molecule has 0 saturated carbocycles. The Morgan fingerprint density at radius 3 is 2.76 bits per heavy atom. The first-order chi connectivity index (χ1) is 10.1. The van der Waals surface area contributed by atoms with Gasteiger partial charge in [-0.2, -0.15) is 0 Å². The summed E-state index contributed by atoms with van der Waals surface area (Å²) in [6.07, 6.45) is 0. The number of benzene rings is 1. The summed E-state index contributed by atoms with van der Waals surface area (Å²) in [6.45, 7) is -0.287. The van der Waals surface area contributed by atoms with Crippen molar-refractivity contribution in [3.05, 3.63) is 57.8 Å². The van der Waals surface area contributed by atoms with E-state index >= 15 is 0 Å². The fraction of sp³-hybridized carbons (Fsp3) is 0.0714. The molecule has 0 saturated heterocycles. The number of carbonyl (C=O) groups excluding carboxylic acids is 1. The number of amides is 1. The zero-order chi connectivity index (χ0) is 15.2. The molecule has 0 radical (unpaired) electrons. The molecule has 0 unspecified atom stereocenters. The number of nitrogens with zero attached hydrogens (tertiary/aromatic N) is 1. The van der Waals surface area contributed by atoms with Gasteiger partial charge in [0.05, 0.1) is 5.69 Å². The topological polar surface area (TPSA) is 108 Å². The van der Waals surface area contributed by atoms with E-state index < -0.39 is 10.8 Å². The van der Waals surface area contributed by atoms with Crippen LogP contribution in [0.3, 0.4) is 0 Å². The van der Waals surface area contributed by atoms with Crippen LogP contribution in [0, 0.1) is 22.0 Å². The van der Waals surface area contributed by atoms with Gasteiger partial charge < -0.3 is 20.5 Å². The second-order valence-electron chi connectivity index (χ2n) is 3.97. The van der Waals surface area contributed by atoms with Crippen molar-refractivity contribution < 1.29 is 14.8 Å². The highest BCUT2D eigenvalue weighted by atomic mass is 16.6. The summed E-state index contributed by atoms with van der Waals surface area (Å²) in [5.41, 5.74) is 1.08. The van der Waals surface area contributed by atoms with Crippen molar-refractivity contribution in [2.24, 2.45) is 0 Å². The van der Waals surface area contributed by atoms with E-state index in [1.54, 1.807) is 24.3 Å². The number of hydrogen-bond acceptors (Lipinski definition) is 4. The second kappa shape index (κ2) is 6.36. The number of aliphatic hydroxyl groups excluding tert-OH is 1. The Morgan fingerprint density at radius 1 is 1.33 bits per heavy atom. The molecule has 106 valence electrons. The molecule has 0 spiro atoms. The lowest BCUT2D eigenvalue weighted by Gasteiger charge is -2.05. The number of aliphatic hydroxyl groups is 1. The van der Waals surface area contributed by atoms with Gasteiger partial charge >= 0.3 is 5.82 Å². The summed E-state index contributed by atoms with van der Waals surface area (Å²) in [5, 5.41) is 21.9. The molecule has 0 fully saturated rings. The maximum Gasteiger partial charge on any atom is 0.321 e. The summed E-state index contributed by atoms with van der Waals surface area (Å²) >= 11 is 0. The summed E-state index contributed by atoms with van der Waals surface area (Å²) in [7, 11) is 0. The Hall–Kier alpha value is -3.11. The molecule has 7 heteroatoms. The molecule has 0 atom stereocenters. The van der Waals surface area contributed by atoms with Crippen molar-refractivity contribution in [1.82, 2.24) is 4.98 Å². The van der Waals surface area contributed by atoms with E-state index in [0.717, 1.165) is 0 Å². The summed E-state index contributed by atoms with van der Waals surface area (Å²) in [5.74, 6) is 4.44. The van der Waals surface area contributed by atoms with Crippen LogP contribution in [0.25, 0.3) is 0 Å². The molecule has 0 aliphatic rings. The third kappa shape index (κ3) is 3.46. The van der Waals surface area contributed by atoms with Gasteiger partial charge in [-0.05, 0) is 23.1 Å². The number of para-hydroxylation sites is 1. The third-order valence-corrected chi connectivity index (χ3v) is 2.59. The number of hydrogen-bond donors (Lipinski definition) is 3. The van der Waals surface area contributed by atoms with E-state index in [9.17, 15) is 14.9 Å². The lowest BCUT2D eigenvalue weighted by atomic mass is 10.2. The third-order valence-electron chi connectivity index (χ3n) is 2.59. The van der Waals surface area contributed by atoms with Crippen LogP contribution in [0.5, 0.6) is 0 Å². The molecule has 1 aromatic heterocycles. The zero-order valence-corrected chi connectivity index (χ0v) is 10.8. The van der Waals surface area contributed by atoms with Crippen LogP contribution in [-0.2, 0) is 0 Å². The molecule has 2 aromatic rings. The van der Waals surface area contributed by atoms with Gasteiger partial charge in [0.15, 0.2) is 5.69 Å². The van der Waals surface area contributed by atoms with Gasteiger partial charge in [-0.25, -0.2) is 4.98 Å². The molecular weight excluding hydrogens is 274 g/mol. The van der Waals surface area contributed by atoms with E-state index in [1.165, 1.54) is 12.1 Å². The first-order valence-electron chi connectivity index (χ1n) is 5.95. The first-order valence-corrected chi connectivity index (χ1v) is 5.95. The summed E-state index contributed by atoms with van der Waals surface area (Å²) in [6, 6.07) is 9.35. The van der Waals surface area contributed by atoms with Crippen molar-refractivity contribution in [3.8, 4) is 11.8 Å². The largest absolute Gasteiger partial charge is 0.384 e. The average molecular weight is 285 g/mol. The number of anilines is 1. The fourth-order valence-electron chi connectivity index (χ4n) is 1.65. The SMILES string of the molecule is O=C(Nc1ccccc1C#CCO)c1ccc([N+](=O)[O-])[nH]1. The van der Waals surface area contributed by atoms with Gasteiger partial charge in [0.25, 0.3) is 5.91 Å². The van der Waals surface area contributed by atoms with Gasteiger partial charge in [-0.1, -0.05) is 24.0 Å². The monoisotopic (exact) mass is 285 g/mol. The highest BCUT2D eigenvalue weighted by Crippen LogP contribution is 2.16. The number of H-pyrrole nitrogens is 1. The van der Waals surface area contributed by atoms with Crippen molar-refractivity contribution in [2.75, 3.05) is 11.9 Å². The number of aromatic amines is 1. The van der Waals surface area contributed by atoms with Gasteiger partial charge in [0.2, 0.25) is 0 Å². The Bertz CT molecular complexity index is 740. The molecule has 1 heterocycles. The Labute approximate surface area is 119 Å². The highest BCUT2D eigenvalue weighted by molar-refractivity contribution is 6.03. The van der Waals surface area contributed by atoms with Crippen LogP contribution in [0.1, 0.15) is 16.1 Å². The Balaban J connectivity index is 2.21. The second-order valence-corrected chi connectivity index (χ2v) is 3.97. The lowest BCUT2D eigenvalue weighted by Crippen LogP contribution is -2.13. The number of rotatable bonds is 3. The smallest absolute Gasteiger partial charge is 0.321 e. The molecule has 0 aliphatic heterocycles. The Morgan fingerprint density at radius 2 is 2.10 bits per heavy atom. The molecule has 3 N–H and O–H groups in total. The molecule has 0 bridgehead atoms. The molecule has 2 rings (SSSR count). The maximum absolute atomic E-state index is 12.0. The number of nitro groups is 1. The minimum Gasteiger partial charge on any atom is -0.384 e. The van der Waals surface area contributed by atoms with E-state index in [4.69, 9.17) is 5.11 Å². The van der Waals surface area contributed by atoms with E-state index in [2.05, 4.69) is 22.1 Å². The average Bonchev–Trinajstić information content (AvgIpc) is 2.96.